The normalized spacial score (nSPS) is 16.8. The standard InChI is InChI=1S/C19H15N3O2S/c20-19-13-6-2-1-5-12(13)14(21-19)11-17-22(10-9-18(23)24)15-7-3-4-8-16(15)25-17/h1-8,11,20H,9-10H2,(H,23,24). The zero-order chi connectivity index (χ0) is 17.4. The minimum atomic E-state index is -0.820. The summed E-state index contributed by atoms with van der Waals surface area (Å²) in [6, 6.07) is 15.6. The lowest BCUT2D eigenvalue weighted by Gasteiger charge is -2.19. The first kappa shape index (κ1) is 15.7. The van der Waals surface area contributed by atoms with Crippen LogP contribution in [0.4, 0.5) is 5.69 Å². The maximum atomic E-state index is 11.0. The van der Waals surface area contributed by atoms with Gasteiger partial charge in [-0.1, -0.05) is 48.2 Å². The number of benzene rings is 2. The smallest absolute Gasteiger partial charge is 0.305 e. The molecule has 0 fully saturated rings. The maximum Gasteiger partial charge on any atom is 0.305 e. The van der Waals surface area contributed by atoms with E-state index in [0.717, 1.165) is 32.5 Å². The van der Waals surface area contributed by atoms with Gasteiger partial charge in [-0.3, -0.25) is 10.2 Å². The van der Waals surface area contributed by atoms with Crippen molar-refractivity contribution in [3.05, 3.63) is 70.8 Å². The number of hydrogen-bond acceptors (Lipinski definition) is 4. The number of anilines is 1. The molecule has 5 nitrogen and oxygen atoms in total. The Balaban J connectivity index is 1.72. The van der Waals surface area contributed by atoms with E-state index >= 15 is 0 Å². The molecule has 0 aromatic heterocycles. The predicted molar refractivity (Wildman–Crippen MR) is 99.8 cm³/mol. The van der Waals surface area contributed by atoms with Crippen molar-refractivity contribution in [3.63, 3.8) is 0 Å². The molecule has 2 aromatic carbocycles. The van der Waals surface area contributed by atoms with Crippen LogP contribution in [0.2, 0.25) is 0 Å². The molecule has 2 heterocycles. The van der Waals surface area contributed by atoms with Crippen molar-refractivity contribution in [3.8, 4) is 0 Å². The monoisotopic (exact) mass is 349 g/mol. The molecule has 0 atom stereocenters. The summed E-state index contributed by atoms with van der Waals surface area (Å²) in [5.74, 6) is -0.556. The topological polar surface area (TPSA) is 76.8 Å². The van der Waals surface area contributed by atoms with Crippen LogP contribution in [0.5, 0.6) is 0 Å². The van der Waals surface area contributed by atoms with Crippen LogP contribution in [0.25, 0.3) is 0 Å². The summed E-state index contributed by atoms with van der Waals surface area (Å²) in [5.41, 5.74) is 3.53. The number of thioether (sulfide) groups is 1. The molecule has 2 aromatic rings. The third-order valence-corrected chi connectivity index (χ3v) is 5.25. The lowest BCUT2D eigenvalue weighted by atomic mass is 10.1. The average Bonchev–Trinajstić information content (AvgIpc) is 3.11. The summed E-state index contributed by atoms with van der Waals surface area (Å²) in [7, 11) is 0. The summed E-state index contributed by atoms with van der Waals surface area (Å²) in [6.45, 7) is 0.400. The molecule has 4 rings (SSSR count). The Morgan fingerprint density at radius 2 is 1.88 bits per heavy atom. The second-order valence-electron chi connectivity index (χ2n) is 5.74. The highest BCUT2D eigenvalue weighted by molar-refractivity contribution is 8.03. The Hall–Kier alpha value is -2.86. The zero-order valence-electron chi connectivity index (χ0n) is 13.3. The van der Waals surface area contributed by atoms with Gasteiger partial charge in [-0.05, 0) is 18.2 Å². The minimum absolute atomic E-state index is 0.0606. The molecule has 0 amide bonds. The van der Waals surface area contributed by atoms with Crippen molar-refractivity contribution in [1.29, 1.82) is 5.41 Å². The maximum absolute atomic E-state index is 11.0. The lowest BCUT2D eigenvalue weighted by Crippen LogP contribution is -2.22. The molecule has 0 unspecified atom stereocenters. The number of allylic oxidation sites excluding steroid dienone is 1. The van der Waals surface area contributed by atoms with Gasteiger partial charge in [0.1, 0.15) is 0 Å². The largest absolute Gasteiger partial charge is 0.481 e. The molecule has 0 saturated carbocycles. The highest BCUT2D eigenvalue weighted by Gasteiger charge is 2.27. The number of rotatable bonds is 4. The summed E-state index contributed by atoms with van der Waals surface area (Å²) in [6.07, 6.45) is 2.01. The van der Waals surface area contributed by atoms with Crippen LogP contribution >= 0.6 is 11.8 Å². The van der Waals surface area contributed by atoms with Gasteiger partial charge >= 0.3 is 5.97 Å². The average molecular weight is 349 g/mol. The van der Waals surface area contributed by atoms with Gasteiger partial charge in [0.05, 0.1) is 22.8 Å². The molecule has 6 heteroatoms. The number of para-hydroxylation sites is 1. The Morgan fingerprint density at radius 1 is 1.16 bits per heavy atom. The van der Waals surface area contributed by atoms with E-state index in [1.807, 2.05) is 59.5 Å². The highest BCUT2D eigenvalue weighted by atomic mass is 32.2. The van der Waals surface area contributed by atoms with E-state index in [-0.39, 0.29) is 12.3 Å². The van der Waals surface area contributed by atoms with Crippen LogP contribution in [0.1, 0.15) is 17.5 Å². The summed E-state index contributed by atoms with van der Waals surface area (Å²) >= 11 is 1.60. The predicted octanol–water partition coefficient (Wildman–Crippen LogP) is 3.74. The van der Waals surface area contributed by atoms with E-state index in [2.05, 4.69) is 4.99 Å². The van der Waals surface area contributed by atoms with Gasteiger partial charge in [0.2, 0.25) is 0 Å². The number of carboxylic acids is 1. The van der Waals surface area contributed by atoms with Crippen LogP contribution < -0.4 is 4.90 Å². The van der Waals surface area contributed by atoms with E-state index in [1.54, 1.807) is 11.8 Å². The van der Waals surface area contributed by atoms with Gasteiger partial charge in [-0.2, -0.15) is 0 Å². The summed E-state index contributed by atoms with van der Waals surface area (Å²) < 4.78 is 0. The fourth-order valence-electron chi connectivity index (χ4n) is 2.98. The third kappa shape index (κ3) is 2.85. The fourth-order valence-corrected chi connectivity index (χ4v) is 4.10. The molecular weight excluding hydrogens is 334 g/mol. The number of nitrogens with zero attached hydrogens (tertiary/aromatic N) is 2. The van der Waals surface area contributed by atoms with Crippen LogP contribution in [0.15, 0.2) is 69.5 Å². The van der Waals surface area contributed by atoms with Crippen molar-refractivity contribution in [1.82, 2.24) is 0 Å². The molecule has 0 aliphatic carbocycles. The van der Waals surface area contributed by atoms with E-state index < -0.39 is 5.97 Å². The molecule has 2 aliphatic rings. The molecule has 0 bridgehead atoms. The van der Waals surface area contributed by atoms with Crippen LogP contribution in [0, 0.1) is 5.41 Å². The summed E-state index contributed by atoms with van der Waals surface area (Å²) in [4.78, 5) is 18.5. The van der Waals surface area contributed by atoms with Crippen LogP contribution in [-0.4, -0.2) is 29.2 Å². The van der Waals surface area contributed by atoms with Gasteiger partial charge in [0.15, 0.2) is 5.84 Å². The molecule has 124 valence electrons. The van der Waals surface area contributed by atoms with Crippen LogP contribution in [-0.2, 0) is 4.79 Å². The van der Waals surface area contributed by atoms with Gasteiger partial charge in [0.25, 0.3) is 0 Å². The Morgan fingerprint density at radius 3 is 2.68 bits per heavy atom. The van der Waals surface area contributed by atoms with E-state index in [4.69, 9.17) is 10.5 Å². The van der Waals surface area contributed by atoms with Crippen molar-refractivity contribution in [2.75, 3.05) is 11.4 Å². The molecule has 0 spiro atoms. The Kier molecular flexibility index (Phi) is 3.89. The third-order valence-electron chi connectivity index (χ3n) is 4.14. The number of nitrogens with one attached hydrogen (secondary N) is 1. The Bertz CT molecular complexity index is 949. The first-order valence-electron chi connectivity index (χ1n) is 7.88. The number of fused-ring (bicyclic) bond motifs is 2. The zero-order valence-corrected chi connectivity index (χ0v) is 14.1. The summed E-state index contributed by atoms with van der Waals surface area (Å²) in [5, 5.41) is 18.0. The molecular formula is C19H15N3O2S. The number of carbonyl (C=O) groups is 1. The first-order chi connectivity index (χ1) is 12.1. The van der Waals surface area contributed by atoms with Gasteiger partial charge in [0, 0.05) is 22.6 Å². The van der Waals surface area contributed by atoms with Crippen molar-refractivity contribution in [2.24, 2.45) is 4.99 Å². The van der Waals surface area contributed by atoms with Crippen molar-refractivity contribution < 1.29 is 9.90 Å². The number of hydrogen-bond donors (Lipinski definition) is 2. The molecule has 2 N–H and O–H groups in total. The highest BCUT2D eigenvalue weighted by Crippen LogP contribution is 2.46. The van der Waals surface area contributed by atoms with Gasteiger partial charge in [-0.15, -0.1) is 0 Å². The van der Waals surface area contributed by atoms with Crippen molar-refractivity contribution in [2.45, 2.75) is 11.3 Å². The second-order valence-corrected chi connectivity index (χ2v) is 6.80. The second kappa shape index (κ2) is 6.22. The SMILES string of the molecule is N=C1N=C(C=C2Sc3ccccc3N2CCC(=O)O)c2ccccc21. The number of aliphatic imine (C=N–C) groups is 1. The van der Waals surface area contributed by atoms with Crippen molar-refractivity contribution >= 4 is 35.0 Å². The van der Waals surface area contributed by atoms with E-state index in [0.29, 0.717) is 6.54 Å². The fraction of sp³-hybridized carbons (Fsp3) is 0.105. The first-order valence-corrected chi connectivity index (χ1v) is 8.70. The molecule has 0 radical (unpaired) electrons. The Labute approximate surface area is 149 Å². The van der Waals surface area contributed by atoms with E-state index in [1.165, 1.54) is 0 Å². The number of carboxylic acid groups (broad SMARTS) is 1. The molecule has 25 heavy (non-hydrogen) atoms. The quantitative estimate of drug-likeness (QED) is 0.881. The number of aliphatic carboxylic acids is 1. The molecule has 0 saturated heterocycles. The lowest BCUT2D eigenvalue weighted by molar-refractivity contribution is -0.136. The van der Waals surface area contributed by atoms with Crippen LogP contribution in [0.3, 0.4) is 0 Å². The van der Waals surface area contributed by atoms with Gasteiger partial charge < -0.3 is 10.0 Å². The van der Waals surface area contributed by atoms with E-state index in [9.17, 15) is 4.79 Å². The molecule has 2 aliphatic heterocycles. The minimum Gasteiger partial charge on any atom is -0.481 e. The van der Waals surface area contributed by atoms with Gasteiger partial charge in [-0.25, -0.2) is 4.99 Å². The number of amidine groups is 1.